The minimum absolute atomic E-state index is 0.0750. The molecule has 1 aromatic carbocycles. The zero-order valence-corrected chi connectivity index (χ0v) is 10.5. The van der Waals surface area contributed by atoms with Crippen LogP contribution in [-0.2, 0) is 11.3 Å². The van der Waals surface area contributed by atoms with Crippen LogP contribution in [0.3, 0.4) is 0 Å². The van der Waals surface area contributed by atoms with Gasteiger partial charge in [0, 0.05) is 18.3 Å². The van der Waals surface area contributed by atoms with Crippen LogP contribution in [0.1, 0.15) is 18.2 Å². The lowest BCUT2D eigenvalue weighted by atomic mass is 10.2. The molecule has 0 aliphatic rings. The number of hydrogen-bond acceptors (Lipinski definition) is 3. The van der Waals surface area contributed by atoms with Crippen LogP contribution in [0.5, 0.6) is 0 Å². The van der Waals surface area contributed by atoms with E-state index in [0.29, 0.717) is 6.54 Å². The van der Waals surface area contributed by atoms with Gasteiger partial charge >= 0.3 is 0 Å². The third kappa shape index (κ3) is 3.13. The molecular formula is C14H16N2O2. The van der Waals surface area contributed by atoms with Crippen LogP contribution < -0.4 is 10.6 Å². The third-order valence-electron chi connectivity index (χ3n) is 2.60. The van der Waals surface area contributed by atoms with E-state index in [-0.39, 0.29) is 5.91 Å². The number of benzene rings is 1. The van der Waals surface area contributed by atoms with Gasteiger partial charge in [-0.05, 0) is 36.8 Å². The van der Waals surface area contributed by atoms with Crippen LogP contribution in [0.4, 0.5) is 11.4 Å². The zero-order chi connectivity index (χ0) is 13.0. The molecule has 1 heterocycles. The van der Waals surface area contributed by atoms with Gasteiger partial charge in [0.1, 0.15) is 5.76 Å². The van der Waals surface area contributed by atoms with Gasteiger partial charge in [-0.1, -0.05) is 6.07 Å². The molecule has 1 aromatic heterocycles. The van der Waals surface area contributed by atoms with Crippen molar-refractivity contribution in [1.29, 1.82) is 0 Å². The topological polar surface area (TPSA) is 54.3 Å². The van der Waals surface area contributed by atoms with Crippen LogP contribution in [0.2, 0.25) is 0 Å². The quantitative estimate of drug-likeness (QED) is 0.868. The summed E-state index contributed by atoms with van der Waals surface area (Å²) < 4.78 is 5.35. The Hall–Kier alpha value is -2.23. The summed E-state index contributed by atoms with van der Waals surface area (Å²) in [5, 5.41) is 6.00. The first-order chi connectivity index (χ1) is 8.65. The largest absolute Gasteiger partial charge is 0.467 e. The van der Waals surface area contributed by atoms with Gasteiger partial charge in [0.25, 0.3) is 0 Å². The van der Waals surface area contributed by atoms with E-state index < -0.39 is 0 Å². The highest BCUT2D eigenvalue weighted by molar-refractivity contribution is 5.89. The number of amides is 1. The molecule has 18 heavy (non-hydrogen) atoms. The zero-order valence-electron chi connectivity index (χ0n) is 10.5. The molecule has 1 amide bonds. The van der Waals surface area contributed by atoms with E-state index in [4.69, 9.17) is 4.42 Å². The van der Waals surface area contributed by atoms with E-state index >= 15 is 0 Å². The van der Waals surface area contributed by atoms with Crippen molar-refractivity contribution < 1.29 is 9.21 Å². The maximum Gasteiger partial charge on any atom is 0.221 e. The summed E-state index contributed by atoms with van der Waals surface area (Å²) >= 11 is 0. The van der Waals surface area contributed by atoms with Gasteiger partial charge in [0.15, 0.2) is 0 Å². The van der Waals surface area contributed by atoms with Crippen molar-refractivity contribution in [2.45, 2.75) is 20.4 Å². The fraction of sp³-hybridized carbons (Fsp3) is 0.214. The Bertz CT molecular complexity index is 546. The van der Waals surface area contributed by atoms with Gasteiger partial charge in [-0.3, -0.25) is 4.79 Å². The standard InChI is InChI=1S/C14H16N2O2/c1-10-6-7-18-14(10)9-15-12-4-3-5-13(8-12)16-11(2)17/h3-8,15H,9H2,1-2H3,(H,16,17). The Morgan fingerprint density at radius 2 is 2.06 bits per heavy atom. The smallest absolute Gasteiger partial charge is 0.221 e. The maximum absolute atomic E-state index is 11.0. The molecule has 0 aliphatic heterocycles. The van der Waals surface area contributed by atoms with Crippen molar-refractivity contribution >= 4 is 17.3 Å². The molecule has 0 radical (unpaired) electrons. The van der Waals surface area contributed by atoms with Crippen LogP contribution in [0, 0.1) is 6.92 Å². The first-order valence-corrected chi connectivity index (χ1v) is 5.79. The number of anilines is 2. The fourth-order valence-electron chi connectivity index (χ4n) is 1.68. The first-order valence-electron chi connectivity index (χ1n) is 5.79. The average Bonchev–Trinajstić information content (AvgIpc) is 2.72. The van der Waals surface area contributed by atoms with E-state index in [2.05, 4.69) is 10.6 Å². The van der Waals surface area contributed by atoms with E-state index in [1.165, 1.54) is 6.92 Å². The molecule has 2 aromatic rings. The first kappa shape index (κ1) is 12.2. The normalized spacial score (nSPS) is 10.1. The number of carbonyl (C=O) groups is 1. The second-order valence-electron chi connectivity index (χ2n) is 4.14. The van der Waals surface area contributed by atoms with Crippen molar-refractivity contribution in [2.75, 3.05) is 10.6 Å². The molecule has 2 rings (SSSR count). The summed E-state index contributed by atoms with van der Waals surface area (Å²) in [4.78, 5) is 11.0. The molecule has 4 nitrogen and oxygen atoms in total. The van der Waals surface area contributed by atoms with Crippen molar-refractivity contribution in [3.8, 4) is 0 Å². The number of furan rings is 1. The second kappa shape index (κ2) is 5.40. The summed E-state index contributed by atoms with van der Waals surface area (Å²) in [5.41, 5.74) is 2.85. The molecule has 0 aliphatic carbocycles. The van der Waals surface area contributed by atoms with Gasteiger partial charge in [0.05, 0.1) is 12.8 Å². The summed E-state index contributed by atoms with van der Waals surface area (Å²) in [7, 11) is 0. The Kier molecular flexibility index (Phi) is 3.67. The van der Waals surface area contributed by atoms with Gasteiger partial charge in [0.2, 0.25) is 5.91 Å². The Morgan fingerprint density at radius 3 is 2.72 bits per heavy atom. The molecule has 2 N–H and O–H groups in total. The molecular weight excluding hydrogens is 228 g/mol. The third-order valence-corrected chi connectivity index (χ3v) is 2.60. The predicted molar refractivity (Wildman–Crippen MR) is 71.5 cm³/mol. The van der Waals surface area contributed by atoms with E-state index in [1.807, 2.05) is 37.3 Å². The minimum Gasteiger partial charge on any atom is -0.467 e. The average molecular weight is 244 g/mol. The lowest BCUT2D eigenvalue weighted by Gasteiger charge is -2.08. The van der Waals surface area contributed by atoms with Crippen LogP contribution >= 0.6 is 0 Å². The van der Waals surface area contributed by atoms with E-state index in [0.717, 1.165) is 22.7 Å². The van der Waals surface area contributed by atoms with Crippen molar-refractivity contribution in [1.82, 2.24) is 0 Å². The van der Waals surface area contributed by atoms with Gasteiger partial charge < -0.3 is 15.1 Å². The Morgan fingerprint density at radius 1 is 1.28 bits per heavy atom. The molecule has 0 bridgehead atoms. The number of rotatable bonds is 4. The highest BCUT2D eigenvalue weighted by Gasteiger charge is 2.02. The van der Waals surface area contributed by atoms with Crippen molar-refractivity contribution in [3.63, 3.8) is 0 Å². The SMILES string of the molecule is CC(=O)Nc1cccc(NCc2occc2C)c1. The Balaban J connectivity index is 2.01. The summed E-state index contributed by atoms with van der Waals surface area (Å²) in [6, 6.07) is 9.52. The monoisotopic (exact) mass is 244 g/mol. The molecule has 0 fully saturated rings. The number of nitrogens with one attached hydrogen (secondary N) is 2. The maximum atomic E-state index is 11.0. The van der Waals surface area contributed by atoms with Crippen molar-refractivity contribution in [2.24, 2.45) is 0 Å². The summed E-state index contributed by atoms with van der Waals surface area (Å²) in [6.45, 7) is 4.13. The lowest BCUT2D eigenvalue weighted by Crippen LogP contribution is -2.06. The number of hydrogen-bond donors (Lipinski definition) is 2. The fourth-order valence-corrected chi connectivity index (χ4v) is 1.68. The van der Waals surface area contributed by atoms with Gasteiger partial charge in [-0.25, -0.2) is 0 Å². The second-order valence-corrected chi connectivity index (χ2v) is 4.14. The van der Waals surface area contributed by atoms with Gasteiger partial charge in [-0.2, -0.15) is 0 Å². The minimum atomic E-state index is -0.0750. The molecule has 4 heteroatoms. The molecule has 0 unspecified atom stereocenters. The molecule has 0 atom stereocenters. The number of aryl methyl sites for hydroxylation is 1. The molecule has 94 valence electrons. The summed E-state index contributed by atoms with van der Waals surface area (Å²) in [5.74, 6) is 0.842. The molecule has 0 saturated carbocycles. The highest BCUT2D eigenvalue weighted by Crippen LogP contribution is 2.17. The van der Waals surface area contributed by atoms with Crippen LogP contribution in [0.15, 0.2) is 41.0 Å². The highest BCUT2D eigenvalue weighted by atomic mass is 16.3. The lowest BCUT2D eigenvalue weighted by molar-refractivity contribution is -0.114. The van der Waals surface area contributed by atoms with E-state index in [1.54, 1.807) is 6.26 Å². The molecule has 0 saturated heterocycles. The van der Waals surface area contributed by atoms with Gasteiger partial charge in [-0.15, -0.1) is 0 Å². The van der Waals surface area contributed by atoms with E-state index in [9.17, 15) is 4.79 Å². The molecule has 0 spiro atoms. The predicted octanol–water partition coefficient (Wildman–Crippen LogP) is 3.16. The Labute approximate surface area is 106 Å². The van der Waals surface area contributed by atoms with Crippen LogP contribution in [0.25, 0.3) is 0 Å². The summed E-state index contributed by atoms with van der Waals surface area (Å²) in [6.07, 6.45) is 1.68. The number of carbonyl (C=O) groups excluding carboxylic acids is 1. The van der Waals surface area contributed by atoms with Crippen molar-refractivity contribution in [3.05, 3.63) is 47.9 Å². The van der Waals surface area contributed by atoms with Crippen LogP contribution in [-0.4, -0.2) is 5.91 Å².